The molecule has 0 aromatic carbocycles. The average molecular weight is 298 g/mol. The SMILES string of the molecule is CCCC[C@H](NC(=O)N1CCN2C(=O)NCC2C1)C(=O)O. The molecule has 0 spiro atoms. The van der Waals surface area contributed by atoms with E-state index in [9.17, 15) is 14.4 Å². The highest BCUT2D eigenvalue weighted by atomic mass is 16.4. The number of hydrogen-bond donors (Lipinski definition) is 3. The summed E-state index contributed by atoms with van der Waals surface area (Å²) in [6, 6.07) is -1.32. The van der Waals surface area contributed by atoms with Gasteiger partial charge in [-0.15, -0.1) is 0 Å². The van der Waals surface area contributed by atoms with Crippen molar-refractivity contribution in [1.82, 2.24) is 20.4 Å². The van der Waals surface area contributed by atoms with Gasteiger partial charge in [0.1, 0.15) is 6.04 Å². The van der Waals surface area contributed by atoms with Gasteiger partial charge < -0.3 is 25.5 Å². The summed E-state index contributed by atoms with van der Waals surface area (Å²) in [5.41, 5.74) is 0. The van der Waals surface area contributed by atoms with Crippen molar-refractivity contribution in [3.8, 4) is 0 Å². The predicted molar refractivity (Wildman–Crippen MR) is 74.9 cm³/mol. The first-order valence-corrected chi connectivity index (χ1v) is 7.35. The molecule has 8 heteroatoms. The van der Waals surface area contributed by atoms with E-state index in [1.54, 1.807) is 9.80 Å². The van der Waals surface area contributed by atoms with Crippen molar-refractivity contribution in [1.29, 1.82) is 0 Å². The number of carbonyl (C=O) groups excluding carboxylic acids is 2. The molecule has 3 N–H and O–H groups in total. The van der Waals surface area contributed by atoms with Crippen molar-refractivity contribution in [2.75, 3.05) is 26.2 Å². The smallest absolute Gasteiger partial charge is 0.326 e. The summed E-state index contributed by atoms with van der Waals surface area (Å²) >= 11 is 0. The van der Waals surface area contributed by atoms with Gasteiger partial charge in [-0.1, -0.05) is 19.8 Å². The van der Waals surface area contributed by atoms with E-state index in [1.807, 2.05) is 6.92 Å². The molecule has 0 radical (unpaired) electrons. The van der Waals surface area contributed by atoms with Crippen molar-refractivity contribution in [3.63, 3.8) is 0 Å². The first-order valence-electron chi connectivity index (χ1n) is 7.35. The van der Waals surface area contributed by atoms with E-state index in [0.717, 1.165) is 12.8 Å². The van der Waals surface area contributed by atoms with E-state index in [4.69, 9.17) is 5.11 Å². The number of carboxylic acids is 1. The van der Waals surface area contributed by atoms with Gasteiger partial charge in [-0.2, -0.15) is 0 Å². The molecule has 2 rings (SSSR count). The van der Waals surface area contributed by atoms with E-state index < -0.39 is 12.0 Å². The summed E-state index contributed by atoms with van der Waals surface area (Å²) in [4.78, 5) is 38.1. The zero-order chi connectivity index (χ0) is 15.4. The van der Waals surface area contributed by atoms with Crippen molar-refractivity contribution in [2.24, 2.45) is 0 Å². The minimum atomic E-state index is -1.01. The summed E-state index contributed by atoms with van der Waals surface area (Å²) in [6.45, 7) is 3.85. The highest BCUT2D eigenvalue weighted by molar-refractivity contribution is 5.83. The lowest BCUT2D eigenvalue weighted by Crippen LogP contribution is -2.57. The Bertz CT molecular complexity index is 428. The zero-order valence-corrected chi connectivity index (χ0v) is 12.2. The minimum Gasteiger partial charge on any atom is -0.480 e. The van der Waals surface area contributed by atoms with Crippen LogP contribution in [0, 0.1) is 0 Å². The van der Waals surface area contributed by atoms with Crippen LogP contribution in [0.4, 0.5) is 9.59 Å². The maximum absolute atomic E-state index is 12.2. The fraction of sp³-hybridized carbons (Fsp3) is 0.769. The van der Waals surface area contributed by atoms with Crippen molar-refractivity contribution < 1.29 is 19.5 Å². The number of carboxylic acid groups (broad SMARTS) is 1. The monoisotopic (exact) mass is 298 g/mol. The number of unbranched alkanes of at least 4 members (excludes halogenated alkanes) is 1. The van der Waals surface area contributed by atoms with Crippen LogP contribution in [-0.2, 0) is 4.79 Å². The van der Waals surface area contributed by atoms with Gasteiger partial charge in [0.25, 0.3) is 0 Å². The number of aliphatic carboxylic acids is 1. The van der Waals surface area contributed by atoms with Gasteiger partial charge in [-0.3, -0.25) is 0 Å². The Labute approximate surface area is 123 Å². The first kappa shape index (κ1) is 15.4. The Balaban J connectivity index is 1.88. The first-order chi connectivity index (χ1) is 10.0. The maximum atomic E-state index is 12.2. The summed E-state index contributed by atoms with van der Waals surface area (Å²) in [7, 11) is 0. The van der Waals surface area contributed by atoms with E-state index >= 15 is 0 Å². The lowest BCUT2D eigenvalue weighted by Gasteiger charge is -2.36. The Morgan fingerprint density at radius 1 is 1.48 bits per heavy atom. The molecule has 2 fully saturated rings. The van der Waals surface area contributed by atoms with Gasteiger partial charge in [0, 0.05) is 26.2 Å². The number of nitrogens with zero attached hydrogens (tertiary/aromatic N) is 2. The number of piperazine rings is 1. The topological polar surface area (TPSA) is 102 Å². The van der Waals surface area contributed by atoms with Crippen molar-refractivity contribution in [3.05, 3.63) is 0 Å². The molecule has 2 aliphatic heterocycles. The number of urea groups is 2. The van der Waals surface area contributed by atoms with Gasteiger partial charge >= 0.3 is 18.0 Å². The van der Waals surface area contributed by atoms with Gasteiger partial charge in [0.15, 0.2) is 0 Å². The standard InChI is InChI=1S/C13H22N4O4/c1-2-3-4-10(11(18)19)15-13(21)16-5-6-17-9(8-16)7-14-12(17)20/h9-10H,2-8H2,1H3,(H,14,20)(H,15,21)(H,18,19)/t9?,10-/m0/s1. The average Bonchev–Trinajstić information content (AvgIpc) is 2.84. The number of hydrogen-bond acceptors (Lipinski definition) is 3. The zero-order valence-electron chi connectivity index (χ0n) is 12.2. The third kappa shape index (κ3) is 3.56. The molecule has 2 aliphatic rings. The molecule has 8 nitrogen and oxygen atoms in total. The number of rotatable bonds is 5. The van der Waals surface area contributed by atoms with Gasteiger partial charge in [-0.05, 0) is 6.42 Å². The molecule has 2 heterocycles. The molecular weight excluding hydrogens is 276 g/mol. The molecule has 0 bridgehead atoms. The van der Waals surface area contributed by atoms with E-state index in [0.29, 0.717) is 32.6 Å². The number of fused-ring (bicyclic) bond motifs is 1. The molecule has 2 saturated heterocycles. The lowest BCUT2D eigenvalue weighted by atomic mass is 10.1. The third-order valence-corrected chi connectivity index (χ3v) is 3.96. The molecule has 21 heavy (non-hydrogen) atoms. The number of amides is 4. The molecule has 0 aliphatic carbocycles. The quantitative estimate of drug-likeness (QED) is 0.667. The summed E-state index contributed by atoms with van der Waals surface area (Å²) in [5, 5.41) is 14.5. The maximum Gasteiger partial charge on any atom is 0.326 e. The highest BCUT2D eigenvalue weighted by Gasteiger charge is 2.37. The van der Waals surface area contributed by atoms with Crippen LogP contribution in [0.3, 0.4) is 0 Å². The van der Waals surface area contributed by atoms with Crippen molar-refractivity contribution in [2.45, 2.75) is 38.3 Å². The molecule has 1 unspecified atom stereocenters. The molecular formula is C13H22N4O4. The van der Waals surface area contributed by atoms with Crippen LogP contribution in [-0.4, -0.2) is 71.2 Å². The molecule has 4 amide bonds. The lowest BCUT2D eigenvalue weighted by molar-refractivity contribution is -0.139. The fourth-order valence-electron chi connectivity index (χ4n) is 2.69. The molecule has 118 valence electrons. The molecule has 0 aromatic rings. The third-order valence-electron chi connectivity index (χ3n) is 3.96. The largest absolute Gasteiger partial charge is 0.480 e. The predicted octanol–water partition coefficient (Wildman–Crippen LogP) is 0.0488. The summed E-state index contributed by atoms with van der Waals surface area (Å²) in [5.74, 6) is -1.01. The van der Waals surface area contributed by atoms with Crippen molar-refractivity contribution >= 4 is 18.0 Å². The minimum absolute atomic E-state index is 0.0177. The van der Waals surface area contributed by atoms with Crippen LogP contribution in [0.15, 0.2) is 0 Å². The van der Waals surface area contributed by atoms with E-state index in [1.165, 1.54) is 0 Å². The number of carbonyl (C=O) groups is 3. The normalized spacial score (nSPS) is 22.5. The van der Waals surface area contributed by atoms with Crippen LogP contribution in [0.25, 0.3) is 0 Å². The summed E-state index contributed by atoms with van der Waals surface area (Å²) in [6.07, 6.45) is 2.07. The van der Waals surface area contributed by atoms with Crippen LogP contribution in [0.5, 0.6) is 0 Å². The van der Waals surface area contributed by atoms with Crippen LogP contribution in [0.1, 0.15) is 26.2 Å². The van der Waals surface area contributed by atoms with Crippen LogP contribution < -0.4 is 10.6 Å². The van der Waals surface area contributed by atoms with Gasteiger partial charge in [0.2, 0.25) is 0 Å². The fourth-order valence-corrected chi connectivity index (χ4v) is 2.69. The van der Waals surface area contributed by atoms with Crippen LogP contribution in [0.2, 0.25) is 0 Å². The second-order valence-corrected chi connectivity index (χ2v) is 5.46. The van der Waals surface area contributed by atoms with E-state index in [-0.39, 0.29) is 18.1 Å². The Kier molecular flexibility index (Phi) is 4.87. The Hall–Kier alpha value is -1.99. The van der Waals surface area contributed by atoms with E-state index in [2.05, 4.69) is 10.6 Å². The summed E-state index contributed by atoms with van der Waals surface area (Å²) < 4.78 is 0. The molecule has 0 saturated carbocycles. The molecule has 0 aromatic heterocycles. The second-order valence-electron chi connectivity index (χ2n) is 5.46. The number of nitrogens with one attached hydrogen (secondary N) is 2. The van der Waals surface area contributed by atoms with Crippen LogP contribution >= 0.6 is 0 Å². The highest BCUT2D eigenvalue weighted by Crippen LogP contribution is 2.14. The second kappa shape index (κ2) is 6.64. The Morgan fingerprint density at radius 3 is 2.90 bits per heavy atom. The van der Waals surface area contributed by atoms with Gasteiger partial charge in [-0.25, -0.2) is 14.4 Å². The Morgan fingerprint density at radius 2 is 2.24 bits per heavy atom. The van der Waals surface area contributed by atoms with Gasteiger partial charge in [0.05, 0.1) is 6.04 Å². The molecule has 2 atom stereocenters.